The van der Waals surface area contributed by atoms with E-state index in [1.54, 1.807) is 0 Å². The molecule has 74 heavy (non-hydrogen) atoms. The van der Waals surface area contributed by atoms with E-state index in [0.29, 0.717) is 0 Å². The molecule has 0 amide bonds. The molecule has 0 atom stereocenters. The van der Waals surface area contributed by atoms with Gasteiger partial charge in [-0.25, -0.2) is 0 Å². The molecule has 436 valence electrons. The van der Waals surface area contributed by atoms with Crippen molar-refractivity contribution < 1.29 is 0 Å². The molecule has 0 aliphatic heterocycles. The summed E-state index contributed by atoms with van der Waals surface area (Å²) in [5, 5.41) is 0. The second kappa shape index (κ2) is 74.1. The molecule has 0 aliphatic rings. The van der Waals surface area contributed by atoms with E-state index in [-0.39, 0.29) is 0 Å². The second-order valence-corrected chi connectivity index (χ2v) is 22.1. The zero-order valence-electron chi connectivity index (χ0n) is 56.1. The summed E-state index contributed by atoms with van der Waals surface area (Å²) in [6.45, 7) is 61.1. The minimum atomic E-state index is 0.884. The van der Waals surface area contributed by atoms with Crippen LogP contribution in [0.1, 0.15) is 280 Å². The first-order chi connectivity index (χ1) is 35.1. The van der Waals surface area contributed by atoms with Gasteiger partial charge in [-0.15, -0.1) is 0 Å². The van der Waals surface area contributed by atoms with Crippen molar-refractivity contribution in [3.8, 4) is 0 Å². The van der Waals surface area contributed by atoms with E-state index in [0.717, 1.165) is 47.3 Å². The van der Waals surface area contributed by atoms with Crippen molar-refractivity contribution >= 4 is 0 Å². The molecule has 0 spiro atoms. The minimum absolute atomic E-state index is 0.884. The van der Waals surface area contributed by atoms with Crippen molar-refractivity contribution in [1.82, 2.24) is 0 Å². The van der Waals surface area contributed by atoms with Gasteiger partial charge in [-0.05, 0) is 108 Å². The third-order valence-electron chi connectivity index (χ3n) is 11.8. The molecule has 0 heterocycles. The molecule has 0 bridgehead atoms. The van der Waals surface area contributed by atoms with Gasteiger partial charge in [0.2, 0.25) is 0 Å². The number of hydrogen-bond donors (Lipinski definition) is 0. The lowest BCUT2D eigenvalue weighted by Gasteiger charge is -2.01. The van der Waals surface area contributed by atoms with Crippen LogP contribution in [-0.2, 0) is 25.7 Å². The van der Waals surface area contributed by atoms with E-state index in [1.807, 2.05) is 27.7 Å². The fraction of sp³-hybridized carbons (Fsp3) is 0.676. The molecule has 0 N–H and O–H groups in total. The third-order valence-corrected chi connectivity index (χ3v) is 11.8. The molecule has 0 fully saturated rings. The van der Waals surface area contributed by atoms with Crippen LogP contribution in [0.15, 0.2) is 121 Å². The maximum atomic E-state index is 2.22. The van der Waals surface area contributed by atoms with Crippen LogP contribution in [0.4, 0.5) is 0 Å². The van der Waals surface area contributed by atoms with Gasteiger partial charge in [0.25, 0.3) is 0 Å². The van der Waals surface area contributed by atoms with E-state index < -0.39 is 0 Å². The molecule has 0 saturated carbocycles. The number of aryl methyl sites for hydroxylation is 4. The molecular weight excluding hydrogens is 889 g/mol. The molecule has 4 aromatic rings. The Bertz CT molecular complexity index is 1150. The second-order valence-electron chi connectivity index (χ2n) is 22.1. The molecular formula is C74H140. The minimum Gasteiger partial charge on any atom is -0.0683 e. The normalized spacial score (nSPS) is 9.46. The molecule has 4 aromatic carbocycles. The van der Waals surface area contributed by atoms with Crippen LogP contribution in [0.25, 0.3) is 0 Å². The highest BCUT2D eigenvalue weighted by atomic mass is 14.0. The Morgan fingerprint density at radius 2 is 0.297 bits per heavy atom. The number of benzene rings is 4. The smallest absolute Gasteiger partial charge is 0.0276 e. The van der Waals surface area contributed by atoms with Gasteiger partial charge in [0.15, 0.2) is 0 Å². The van der Waals surface area contributed by atoms with Gasteiger partial charge < -0.3 is 0 Å². The molecule has 4 rings (SSSR count). The van der Waals surface area contributed by atoms with E-state index in [2.05, 4.69) is 287 Å². The highest BCUT2D eigenvalue weighted by Gasteiger charge is 1.95. The van der Waals surface area contributed by atoms with Gasteiger partial charge in [0.05, 0.1) is 0 Å². The predicted octanol–water partition coefficient (Wildman–Crippen LogP) is 26.2. The van der Waals surface area contributed by atoms with Crippen LogP contribution >= 0.6 is 0 Å². The highest BCUT2D eigenvalue weighted by molar-refractivity contribution is 5.18. The predicted molar refractivity (Wildman–Crippen MR) is 354 cm³/mol. The maximum absolute atomic E-state index is 2.22. The molecule has 0 unspecified atom stereocenters. The first-order valence-electron chi connectivity index (χ1n) is 31.2. The van der Waals surface area contributed by atoms with Crippen LogP contribution in [0.3, 0.4) is 0 Å². The average Bonchev–Trinajstić information content (AvgIpc) is 3.42. The lowest BCUT2D eigenvalue weighted by molar-refractivity contribution is 0.626. The van der Waals surface area contributed by atoms with Gasteiger partial charge in [-0.2, -0.15) is 0 Å². The van der Waals surface area contributed by atoms with Crippen LogP contribution in [0.2, 0.25) is 0 Å². The molecule has 0 aromatic heterocycles. The molecule has 0 heteroatoms. The average molecular weight is 1030 g/mol. The van der Waals surface area contributed by atoms with E-state index in [1.165, 1.54) is 112 Å². The molecule has 0 saturated heterocycles. The largest absolute Gasteiger partial charge is 0.0683 e. The molecule has 0 radical (unpaired) electrons. The number of hydrogen-bond acceptors (Lipinski definition) is 0. The molecule has 0 nitrogen and oxygen atoms in total. The Hall–Kier alpha value is -3.12. The van der Waals surface area contributed by atoms with E-state index >= 15 is 0 Å². The Morgan fingerprint density at radius 3 is 0.378 bits per heavy atom. The van der Waals surface area contributed by atoms with Crippen molar-refractivity contribution in [3.63, 3.8) is 0 Å². The number of rotatable bonds is 16. The Kier molecular flexibility index (Phi) is 87.7. The van der Waals surface area contributed by atoms with Crippen LogP contribution in [0.5, 0.6) is 0 Å². The van der Waals surface area contributed by atoms with Crippen LogP contribution < -0.4 is 0 Å². The van der Waals surface area contributed by atoms with Gasteiger partial charge in [-0.1, -0.05) is 367 Å². The zero-order chi connectivity index (χ0) is 59.0. The summed E-state index contributed by atoms with van der Waals surface area (Å²) in [4.78, 5) is 0. The fourth-order valence-electron chi connectivity index (χ4n) is 3.57. The van der Waals surface area contributed by atoms with Gasteiger partial charge in [0.1, 0.15) is 0 Å². The standard InChI is InChI=1S/2C15H16.8C5H12.2C2H6/c2*1-3-8-14(9-4-1)12-7-13-15-10-5-2-6-11-15;8*1-4-5(2)3;2*1-2/h2*1-6,8-11H,7,12-13H2;8*5H,4H2,1-3H3;2*1-2H3. The topological polar surface area (TPSA) is 0 Å². The van der Waals surface area contributed by atoms with Crippen molar-refractivity contribution in [2.24, 2.45) is 47.3 Å². The van der Waals surface area contributed by atoms with Crippen molar-refractivity contribution in [1.29, 1.82) is 0 Å². The summed E-state index contributed by atoms with van der Waals surface area (Å²) in [6.07, 6.45) is 17.6. The Labute approximate surface area is 472 Å². The summed E-state index contributed by atoms with van der Waals surface area (Å²) < 4.78 is 0. The summed E-state index contributed by atoms with van der Waals surface area (Å²) >= 11 is 0. The third kappa shape index (κ3) is 98.1. The van der Waals surface area contributed by atoms with E-state index in [4.69, 9.17) is 0 Å². The summed E-state index contributed by atoms with van der Waals surface area (Å²) in [7, 11) is 0. The maximum Gasteiger partial charge on any atom is -0.0276 e. The van der Waals surface area contributed by atoms with Gasteiger partial charge >= 0.3 is 0 Å². The van der Waals surface area contributed by atoms with E-state index in [9.17, 15) is 0 Å². The SMILES string of the molecule is CC.CC.CCC(C)C.CCC(C)C.CCC(C)C.CCC(C)C.CCC(C)C.CCC(C)C.CCC(C)C.CCC(C)C.c1ccc(CCCc2ccccc2)cc1.c1ccc(CCCc2ccccc2)cc1. The first kappa shape index (κ1) is 87.5. The lowest BCUT2D eigenvalue weighted by atomic mass is 10.0. The Morgan fingerprint density at radius 1 is 0.203 bits per heavy atom. The summed E-state index contributed by atoms with van der Waals surface area (Å²) in [5.41, 5.74) is 5.75. The van der Waals surface area contributed by atoms with Crippen molar-refractivity contribution in [2.45, 2.75) is 284 Å². The summed E-state index contributed by atoms with van der Waals surface area (Å²) in [6, 6.07) is 42.7. The quantitative estimate of drug-likeness (QED) is 0.105. The fourth-order valence-corrected chi connectivity index (χ4v) is 3.57. The monoisotopic (exact) mass is 1030 g/mol. The lowest BCUT2D eigenvalue weighted by Crippen LogP contribution is -1.89. The van der Waals surface area contributed by atoms with Gasteiger partial charge in [0, 0.05) is 0 Å². The highest BCUT2D eigenvalue weighted by Crippen LogP contribution is 2.09. The first-order valence-corrected chi connectivity index (χ1v) is 31.2. The summed E-state index contributed by atoms with van der Waals surface area (Å²) in [5.74, 6) is 7.07. The van der Waals surface area contributed by atoms with Crippen molar-refractivity contribution in [3.05, 3.63) is 144 Å². The molecule has 0 aliphatic carbocycles. The van der Waals surface area contributed by atoms with Crippen molar-refractivity contribution in [2.75, 3.05) is 0 Å². The van der Waals surface area contributed by atoms with Crippen LogP contribution in [-0.4, -0.2) is 0 Å². The van der Waals surface area contributed by atoms with Crippen LogP contribution in [0, 0.1) is 47.3 Å². The van der Waals surface area contributed by atoms with Gasteiger partial charge in [-0.3, -0.25) is 0 Å². The Balaban J connectivity index is -0.000000114. The zero-order valence-corrected chi connectivity index (χ0v) is 56.1.